The zero-order valence-electron chi connectivity index (χ0n) is 17.7. The monoisotopic (exact) mass is 405 g/mol. The van der Waals surface area contributed by atoms with Crippen LogP contribution in [0.25, 0.3) is 0 Å². The second kappa shape index (κ2) is 9.35. The summed E-state index contributed by atoms with van der Waals surface area (Å²) in [6.07, 6.45) is -0.508. The number of carbonyl (C=O) groups is 1. The molecule has 1 amide bonds. The van der Waals surface area contributed by atoms with Gasteiger partial charge >= 0.3 is 6.09 Å². The van der Waals surface area contributed by atoms with Gasteiger partial charge in [0, 0.05) is 11.3 Å². The normalized spacial score (nSPS) is 10.7. The molecule has 0 aliphatic heterocycles. The summed E-state index contributed by atoms with van der Waals surface area (Å²) in [5, 5.41) is 12.8. The molecule has 0 radical (unpaired) electrons. The van der Waals surface area contributed by atoms with Crippen molar-refractivity contribution >= 4 is 11.8 Å². The van der Waals surface area contributed by atoms with Gasteiger partial charge in [0.25, 0.3) is 0 Å². The highest BCUT2D eigenvalue weighted by atomic mass is 16.5. The molecule has 0 spiro atoms. The van der Waals surface area contributed by atoms with Crippen molar-refractivity contribution in [2.45, 2.75) is 40.2 Å². The number of rotatable bonds is 6. The molecule has 0 heterocycles. The molecule has 3 aromatic rings. The van der Waals surface area contributed by atoms with Crippen molar-refractivity contribution in [1.29, 1.82) is 0 Å². The first-order valence-corrected chi connectivity index (χ1v) is 9.93. The highest BCUT2D eigenvalue weighted by molar-refractivity contribution is 5.85. The van der Waals surface area contributed by atoms with E-state index in [4.69, 9.17) is 9.47 Å². The first-order valence-electron chi connectivity index (χ1n) is 9.93. The van der Waals surface area contributed by atoms with E-state index in [0.29, 0.717) is 11.4 Å². The van der Waals surface area contributed by atoms with E-state index in [-0.39, 0.29) is 18.3 Å². The SMILES string of the molecule is Cc1cc(NC(=O)OCc2ccccc2)cc(C)c1Oc1ccc(O)c(C(C)C)c1. The number of phenolic OH excluding ortho intramolecular Hbond substituents is 1. The van der Waals surface area contributed by atoms with E-state index in [2.05, 4.69) is 5.32 Å². The summed E-state index contributed by atoms with van der Waals surface area (Å²) in [7, 11) is 0. The van der Waals surface area contributed by atoms with E-state index in [9.17, 15) is 9.90 Å². The summed E-state index contributed by atoms with van der Waals surface area (Å²) in [4.78, 5) is 12.1. The van der Waals surface area contributed by atoms with Crippen LogP contribution in [0.1, 0.15) is 42.0 Å². The van der Waals surface area contributed by atoms with E-state index in [0.717, 1.165) is 28.0 Å². The molecule has 0 aromatic heterocycles. The number of aromatic hydroxyl groups is 1. The molecule has 3 rings (SSSR count). The first-order chi connectivity index (χ1) is 14.3. The van der Waals surface area contributed by atoms with E-state index in [1.807, 2.05) is 76.2 Å². The second-order valence-electron chi connectivity index (χ2n) is 7.60. The van der Waals surface area contributed by atoms with Crippen molar-refractivity contribution in [2.75, 3.05) is 5.32 Å². The molecule has 0 unspecified atom stereocenters. The molecule has 5 nitrogen and oxygen atoms in total. The quantitative estimate of drug-likeness (QED) is 0.480. The predicted octanol–water partition coefficient (Wildman–Crippen LogP) is 6.67. The number of hydrogen-bond acceptors (Lipinski definition) is 4. The molecule has 30 heavy (non-hydrogen) atoms. The predicted molar refractivity (Wildman–Crippen MR) is 118 cm³/mol. The Morgan fingerprint density at radius 1 is 1.00 bits per heavy atom. The fraction of sp³-hybridized carbons (Fsp3) is 0.240. The van der Waals surface area contributed by atoms with Crippen LogP contribution in [0.5, 0.6) is 17.2 Å². The number of nitrogens with one attached hydrogen (secondary N) is 1. The summed E-state index contributed by atoms with van der Waals surface area (Å²) in [5.74, 6) is 1.83. The highest BCUT2D eigenvalue weighted by Crippen LogP contribution is 2.35. The summed E-state index contributed by atoms with van der Waals surface area (Å²) < 4.78 is 11.4. The lowest BCUT2D eigenvalue weighted by atomic mass is 10.0. The molecule has 0 saturated heterocycles. The van der Waals surface area contributed by atoms with E-state index < -0.39 is 6.09 Å². The van der Waals surface area contributed by atoms with Crippen LogP contribution in [0.3, 0.4) is 0 Å². The van der Waals surface area contributed by atoms with E-state index in [1.165, 1.54) is 0 Å². The molecule has 0 atom stereocenters. The number of benzene rings is 3. The van der Waals surface area contributed by atoms with Crippen molar-refractivity contribution < 1.29 is 19.4 Å². The Balaban J connectivity index is 1.69. The minimum Gasteiger partial charge on any atom is -0.508 e. The van der Waals surface area contributed by atoms with Gasteiger partial charge in [-0.2, -0.15) is 0 Å². The van der Waals surface area contributed by atoms with Gasteiger partial charge in [0.05, 0.1) is 0 Å². The van der Waals surface area contributed by atoms with Crippen molar-refractivity contribution in [3.05, 3.63) is 82.9 Å². The third-order valence-electron chi connectivity index (χ3n) is 4.76. The Kier molecular flexibility index (Phi) is 6.62. The van der Waals surface area contributed by atoms with Gasteiger partial charge in [-0.15, -0.1) is 0 Å². The maximum atomic E-state index is 12.1. The second-order valence-corrected chi connectivity index (χ2v) is 7.60. The smallest absolute Gasteiger partial charge is 0.411 e. The molecule has 0 saturated carbocycles. The maximum Gasteiger partial charge on any atom is 0.411 e. The molecule has 3 aromatic carbocycles. The zero-order valence-corrected chi connectivity index (χ0v) is 17.7. The lowest BCUT2D eigenvalue weighted by molar-refractivity contribution is 0.155. The van der Waals surface area contributed by atoms with Crippen LogP contribution in [0.4, 0.5) is 10.5 Å². The highest BCUT2D eigenvalue weighted by Gasteiger charge is 2.13. The number of ether oxygens (including phenoxy) is 2. The maximum absolute atomic E-state index is 12.1. The van der Waals surface area contributed by atoms with Gasteiger partial charge < -0.3 is 14.6 Å². The number of phenols is 1. The number of aryl methyl sites for hydroxylation is 2. The molecule has 156 valence electrons. The van der Waals surface area contributed by atoms with Crippen molar-refractivity contribution in [1.82, 2.24) is 0 Å². The van der Waals surface area contributed by atoms with Gasteiger partial charge in [0.2, 0.25) is 0 Å². The number of hydrogen-bond donors (Lipinski definition) is 2. The molecule has 0 bridgehead atoms. The fourth-order valence-corrected chi connectivity index (χ4v) is 3.24. The fourth-order valence-electron chi connectivity index (χ4n) is 3.24. The molecule has 5 heteroatoms. The van der Waals surface area contributed by atoms with Crippen molar-refractivity contribution in [3.63, 3.8) is 0 Å². The standard InChI is InChI=1S/C25H27NO4/c1-16(2)22-14-21(10-11-23(22)27)30-24-17(3)12-20(13-18(24)4)26-25(28)29-15-19-8-6-5-7-9-19/h5-14,16,27H,15H2,1-4H3,(H,26,28). The van der Waals surface area contributed by atoms with Gasteiger partial charge in [0.15, 0.2) is 0 Å². The van der Waals surface area contributed by atoms with Crippen LogP contribution in [0.2, 0.25) is 0 Å². The van der Waals surface area contributed by atoms with Gasteiger partial charge in [-0.05, 0) is 66.8 Å². The number of carbonyl (C=O) groups excluding carboxylic acids is 1. The Labute approximate surface area is 177 Å². The van der Waals surface area contributed by atoms with Crippen LogP contribution < -0.4 is 10.1 Å². The molecule has 2 N–H and O–H groups in total. The summed E-state index contributed by atoms with van der Waals surface area (Å²) in [5.41, 5.74) is 4.17. The topological polar surface area (TPSA) is 67.8 Å². The molecular weight excluding hydrogens is 378 g/mol. The van der Waals surface area contributed by atoms with Gasteiger partial charge in [0.1, 0.15) is 23.9 Å². The van der Waals surface area contributed by atoms with Gasteiger partial charge in [-0.1, -0.05) is 44.2 Å². The number of anilines is 1. The van der Waals surface area contributed by atoms with Crippen LogP contribution >= 0.6 is 0 Å². The lowest BCUT2D eigenvalue weighted by Crippen LogP contribution is -2.13. The summed E-state index contributed by atoms with van der Waals surface area (Å²) in [6, 6.07) is 18.5. The molecule has 0 fully saturated rings. The average Bonchev–Trinajstić information content (AvgIpc) is 2.71. The number of amides is 1. The molecule has 0 aliphatic carbocycles. The largest absolute Gasteiger partial charge is 0.508 e. The van der Waals surface area contributed by atoms with Crippen LogP contribution in [0, 0.1) is 13.8 Å². The Morgan fingerprint density at radius 2 is 1.67 bits per heavy atom. The van der Waals surface area contributed by atoms with Gasteiger partial charge in [-0.3, -0.25) is 5.32 Å². The van der Waals surface area contributed by atoms with Gasteiger partial charge in [-0.25, -0.2) is 4.79 Å². The van der Waals surface area contributed by atoms with Crippen LogP contribution in [-0.2, 0) is 11.3 Å². The summed E-state index contributed by atoms with van der Waals surface area (Å²) in [6.45, 7) is 8.10. The Morgan fingerprint density at radius 3 is 2.30 bits per heavy atom. The van der Waals surface area contributed by atoms with E-state index >= 15 is 0 Å². The van der Waals surface area contributed by atoms with E-state index in [1.54, 1.807) is 12.1 Å². The first kappa shape index (κ1) is 21.2. The van der Waals surface area contributed by atoms with Crippen LogP contribution in [0.15, 0.2) is 60.7 Å². The third kappa shape index (κ3) is 5.32. The lowest BCUT2D eigenvalue weighted by Gasteiger charge is -2.16. The molecule has 0 aliphatic rings. The average molecular weight is 405 g/mol. The molecular formula is C25H27NO4. The minimum absolute atomic E-state index is 0.184. The summed E-state index contributed by atoms with van der Waals surface area (Å²) >= 11 is 0. The van der Waals surface area contributed by atoms with Crippen molar-refractivity contribution in [2.24, 2.45) is 0 Å². The third-order valence-corrected chi connectivity index (χ3v) is 4.76. The zero-order chi connectivity index (χ0) is 21.7. The minimum atomic E-state index is -0.508. The Bertz CT molecular complexity index is 1010. The Hall–Kier alpha value is -3.47. The van der Waals surface area contributed by atoms with Crippen molar-refractivity contribution in [3.8, 4) is 17.2 Å². The van der Waals surface area contributed by atoms with Crippen LogP contribution in [-0.4, -0.2) is 11.2 Å².